The quantitative estimate of drug-likeness (QED) is 0.619. The number of rotatable bonds is 4. The first-order chi connectivity index (χ1) is 8.45. The summed E-state index contributed by atoms with van der Waals surface area (Å²) >= 11 is 17.6. The first-order valence-electron chi connectivity index (χ1n) is 4.98. The van der Waals surface area contributed by atoms with Crippen molar-refractivity contribution in [2.75, 3.05) is 13.7 Å². The maximum Gasteiger partial charge on any atom is 0.333 e. The SMILES string of the molecule is COC(=O)C(C)=CCOc1c(Cl)cc(Cl)cc1Cl. The van der Waals surface area contributed by atoms with E-state index in [0.29, 0.717) is 26.4 Å². The van der Waals surface area contributed by atoms with Crippen molar-refractivity contribution in [2.24, 2.45) is 0 Å². The summed E-state index contributed by atoms with van der Waals surface area (Å²) in [5.41, 5.74) is 0.443. The Morgan fingerprint density at radius 2 is 1.83 bits per heavy atom. The number of benzene rings is 1. The highest BCUT2D eigenvalue weighted by atomic mass is 35.5. The van der Waals surface area contributed by atoms with Gasteiger partial charge in [0, 0.05) is 10.6 Å². The van der Waals surface area contributed by atoms with E-state index in [1.807, 2.05) is 0 Å². The second-order valence-electron chi connectivity index (χ2n) is 3.39. The summed E-state index contributed by atoms with van der Waals surface area (Å²) in [6.45, 7) is 1.78. The lowest BCUT2D eigenvalue weighted by Crippen LogP contribution is -2.04. The maximum absolute atomic E-state index is 11.1. The fraction of sp³-hybridized carbons (Fsp3) is 0.250. The number of halogens is 3. The summed E-state index contributed by atoms with van der Waals surface area (Å²) in [5.74, 6) is -0.0800. The molecule has 0 saturated heterocycles. The second kappa shape index (κ2) is 6.88. The average molecular weight is 310 g/mol. The molecule has 0 fully saturated rings. The highest BCUT2D eigenvalue weighted by Gasteiger charge is 2.09. The normalized spacial score (nSPS) is 11.3. The van der Waals surface area contributed by atoms with Gasteiger partial charge in [-0.25, -0.2) is 4.79 Å². The Hall–Kier alpha value is -0.900. The number of hydrogen-bond donors (Lipinski definition) is 0. The predicted molar refractivity (Wildman–Crippen MR) is 72.7 cm³/mol. The minimum absolute atomic E-state index is 0.155. The van der Waals surface area contributed by atoms with Crippen LogP contribution in [0, 0.1) is 0 Å². The van der Waals surface area contributed by atoms with Gasteiger partial charge < -0.3 is 9.47 Å². The van der Waals surface area contributed by atoms with Gasteiger partial charge in [0.25, 0.3) is 0 Å². The Balaban J connectivity index is 2.73. The molecule has 0 aliphatic heterocycles. The molecule has 0 N–H and O–H groups in total. The van der Waals surface area contributed by atoms with E-state index >= 15 is 0 Å². The third-order valence-electron chi connectivity index (χ3n) is 2.09. The zero-order chi connectivity index (χ0) is 13.7. The van der Waals surface area contributed by atoms with Crippen molar-refractivity contribution in [3.63, 3.8) is 0 Å². The van der Waals surface area contributed by atoms with Gasteiger partial charge >= 0.3 is 5.97 Å². The first-order valence-corrected chi connectivity index (χ1v) is 6.11. The molecule has 0 heterocycles. The van der Waals surface area contributed by atoms with Gasteiger partial charge in [-0.1, -0.05) is 34.8 Å². The highest BCUT2D eigenvalue weighted by molar-refractivity contribution is 6.40. The van der Waals surface area contributed by atoms with E-state index in [0.717, 1.165) is 0 Å². The van der Waals surface area contributed by atoms with E-state index in [-0.39, 0.29) is 6.61 Å². The number of ether oxygens (including phenoxy) is 2. The fourth-order valence-corrected chi connectivity index (χ4v) is 2.09. The molecule has 18 heavy (non-hydrogen) atoms. The first kappa shape index (κ1) is 15.2. The number of hydrogen-bond acceptors (Lipinski definition) is 3. The molecular weight excluding hydrogens is 298 g/mol. The van der Waals surface area contributed by atoms with Crippen LogP contribution >= 0.6 is 34.8 Å². The van der Waals surface area contributed by atoms with E-state index in [1.165, 1.54) is 19.2 Å². The van der Waals surface area contributed by atoms with E-state index in [4.69, 9.17) is 39.5 Å². The molecule has 0 aromatic heterocycles. The molecule has 0 amide bonds. The fourth-order valence-electron chi connectivity index (χ4n) is 1.16. The molecule has 98 valence electrons. The minimum atomic E-state index is -0.410. The van der Waals surface area contributed by atoms with Crippen LogP contribution in [0.2, 0.25) is 15.1 Å². The molecular formula is C12H11Cl3O3. The Kier molecular flexibility index (Phi) is 5.79. The van der Waals surface area contributed by atoms with Gasteiger partial charge in [-0.15, -0.1) is 0 Å². The molecule has 0 aliphatic rings. The highest BCUT2D eigenvalue weighted by Crippen LogP contribution is 2.35. The Morgan fingerprint density at radius 3 is 2.33 bits per heavy atom. The molecule has 1 aromatic carbocycles. The van der Waals surface area contributed by atoms with Gasteiger partial charge in [0.1, 0.15) is 6.61 Å². The molecule has 0 spiro atoms. The van der Waals surface area contributed by atoms with Crippen molar-refractivity contribution in [3.8, 4) is 5.75 Å². The van der Waals surface area contributed by atoms with Gasteiger partial charge in [0.05, 0.1) is 17.2 Å². The van der Waals surface area contributed by atoms with Gasteiger partial charge in [0.2, 0.25) is 0 Å². The second-order valence-corrected chi connectivity index (χ2v) is 4.64. The topological polar surface area (TPSA) is 35.5 Å². The standard InChI is InChI=1S/C12H11Cl3O3/c1-7(12(16)17-2)3-4-18-11-9(14)5-8(13)6-10(11)15/h3,5-6H,4H2,1-2H3. The van der Waals surface area contributed by atoms with Crippen LogP contribution in [0.3, 0.4) is 0 Å². The van der Waals surface area contributed by atoms with Crippen LogP contribution in [-0.4, -0.2) is 19.7 Å². The summed E-state index contributed by atoms with van der Waals surface area (Å²) in [7, 11) is 1.31. The third kappa shape index (κ3) is 4.09. The van der Waals surface area contributed by atoms with Crippen LogP contribution < -0.4 is 4.74 Å². The van der Waals surface area contributed by atoms with Gasteiger partial charge in [0.15, 0.2) is 5.75 Å². The van der Waals surface area contributed by atoms with Crippen LogP contribution in [0.5, 0.6) is 5.75 Å². The van der Waals surface area contributed by atoms with Crippen LogP contribution in [0.1, 0.15) is 6.92 Å². The molecule has 0 radical (unpaired) electrons. The molecule has 3 nitrogen and oxygen atoms in total. The van der Waals surface area contributed by atoms with Gasteiger partial charge in [-0.2, -0.15) is 0 Å². The summed E-state index contributed by atoms with van der Waals surface area (Å²) in [4.78, 5) is 11.1. The lowest BCUT2D eigenvalue weighted by Gasteiger charge is -2.08. The summed E-state index contributed by atoms with van der Waals surface area (Å²) in [6.07, 6.45) is 1.58. The molecule has 1 rings (SSSR count). The van der Waals surface area contributed by atoms with Crippen molar-refractivity contribution < 1.29 is 14.3 Å². The van der Waals surface area contributed by atoms with Crippen molar-refractivity contribution in [1.29, 1.82) is 0 Å². The Labute approximate surface area is 120 Å². The van der Waals surface area contributed by atoms with E-state index in [1.54, 1.807) is 13.0 Å². The van der Waals surface area contributed by atoms with Crippen molar-refractivity contribution in [2.45, 2.75) is 6.92 Å². The lowest BCUT2D eigenvalue weighted by atomic mass is 10.3. The number of carbonyl (C=O) groups excluding carboxylic acids is 1. The zero-order valence-electron chi connectivity index (χ0n) is 9.80. The van der Waals surface area contributed by atoms with E-state index < -0.39 is 5.97 Å². The van der Waals surface area contributed by atoms with Crippen LogP contribution in [0.25, 0.3) is 0 Å². The molecule has 0 atom stereocenters. The lowest BCUT2D eigenvalue weighted by molar-refractivity contribution is -0.136. The molecule has 0 unspecified atom stereocenters. The number of carbonyl (C=O) groups is 1. The van der Waals surface area contributed by atoms with Crippen LogP contribution in [0.4, 0.5) is 0 Å². The molecule has 6 heteroatoms. The summed E-state index contributed by atoms with van der Waals surface area (Å²) in [6, 6.07) is 3.06. The van der Waals surface area contributed by atoms with E-state index in [9.17, 15) is 4.79 Å². The van der Waals surface area contributed by atoms with Crippen molar-refractivity contribution in [1.82, 2.24) is 0 Å². The third-order valence-corrected chi connectivity index (χ3v) is 2.87. The van der Waals surface area contributed by atoms with Crippen molar-refractivity contribution in [3.05, 3.63) is 38.8 Å². The Bertz CT molecular complexity index is 460. The van der Waals surface area contributed by atoms with Crippen molar-refractivity contribution >= 4 is 40.8 Å². The smallest absolute Gasteiger partial charge is 0.333 e. The molecule has 0 aliphatic carbocycles. The van der Waals surface area contributed by atoms with E-state index in [2.05, 4.69) is 4.74 Å². The summed E-state index contributed by atoms with van der Waals surface area (Å²) in [5, 5.41) is 1.06. The van der Waals surface area contributed by atoms with Crippen LogP contribution in [-0.2, 0) is 9.53 Å². The Morgan fingerprint density at radius 1 is 1.28 bits per heavy atom. The molecule has 0 saturated carbocycles. The number of esters is 1. The average Bonchev–Trinajstić information content (AvgIpc) is 2.31. The maximum atomic E-state index is 11.1. The van der Waals surface area contributed by atoms with Gasteiger partial charge in [-0.05, 0) is 25.1 Å². The predicted octanol–water partition coefficient (Wildman–Crippen LogP) is 4.14. The summed E-state index contributed by atoms with van der Waals surface area (Å²) < 4.78 is 9.93. The minimum Gasteiger partial charge on any atom is -0.486 e. The monoisotopic (exact) mass is 308 g/mol. The molecule has 1 aromatic rings. The zero-order valence-corrected chi connectivity index (χ0v) is 12.1. The molecule has 0 bridgehead atoms. The van der Waals surface area contributed by atoms with Crippen LogP contribution in [0.15, 0.2) is 23.8 Å². The largest absolute Gasteiger partial charge is 0.486 e. The van der Waals surface area contributed by atoms with Gasteiger partial charge in [-0.3, -0.25) is 0 Å². The number of methoxy groups -OCH3 is 1.